The molecule has 1 atom stereocenters. The Balaban J connectivity index is 2.07. The summed E-state index contributed by atoms with van der Waals surface area (Å²) in [5, 5.41) is 6.16. The van der Waals surface area contributed by atoms with Crippen LogP contribution in [0.4, 0.5) is 0 Å². The summed E-state index contributed by atoms with van der Waals surface area (Å²) < 4.78 is 5.09. The molecule has 0 bridgehead atoms. The van der Waals surface area contributed by atoms with Crippen molar-refractivity contribution in [3.05, 3.63) is 24.0 Å². The molecule has 1 aromatic heterocycles. The van der Waals surface area contributed by atoms with Gasteiger partial charge >= 0.3 is 0 Å². The number of nitrogens with one attached hydrogen (secondary N) is 2. The van der Waals surface area contributed by atoms with Crippen LogP contribution in [-0.2, 0) is 0 Å². The number of amides is 1. The van der Waals surface area contributed by atoms with Gasteiger partial charge in [0.1, 0.15) is 5.75 Å². The van der Waals surface area contributed by atoms with Crippen LogP contribution < -0.4 is 15.4 Å². The van der Waals surface area contributed by atoms with E-state index in [1.807, 2.05) is 0 Å². The lowest BCUT2D eigenvalue weighted by molar-refractivity contribution is 0.0937. The molecule has 0 unspecified atom stereocenters. The number of aromatic nitrogens is 1. The first-order chi connectivity index (χ1) is 7.81. The molecule has 1 amide bonds. The Morgan fingerprint density at radius 3 is 3.25 bits per heavy atom. The second-order valence-electron chi connectivity index (χ2n) is 3.74. The van der Waals surface area contributed by atoms with Crippen LogP contribution in [0.25, 0.3) is 0 Å². The molecule has 1 aromatic rings. The smallest absolute Gasteiger partial charge is 0.255 e. The summed E-state index contributed by atoms with van der Waals surface area (Å²) >= 11 is 0. The van der Waals surface area contributed by atoms with Gasteiger partial charge in [0, 0.05) is 18.8 Å². The largest absolute Gasteiger partial charge is 0.494 e. The van der Waals surface area contributed by atoms with Crippen molar-refractivity contribution in [1.29, 1.82) is 0 Å². The number of carbonyl (C=O) groups is 1. The summed E-state index contributed by atoms with van der Waals surface area (Å²) in [5.41, 5.74) is 0.532. The first kappa shape index (κ1) is 10.9. The van der Waals surface area contributed by atoms with E-state index in [-0.39, 0.29) is 11.9 Å². The minimum Gasteiger partial charge on any atom is -0.494 e. The van der Waals surface area contributed by atoms with Crippen LogP contribution in [0.5, 0.6) is 5.75 Å². The third-order valence-corrected chi connectivity index (χ3v) is 2.64. The minimum absolute atomic E-state index is 0.104. The van der Waals surface area contributed by atoms with Crippen LogP contribution in [0.2, 0.25) is 0 Å². The van der Waals surface area contributed by atoms with Crippen LogP contribution in [0.15, 0.2) is 18.5 Å². The van der Waals surface area contributed by atoms with Crippen molar-refractivity contribution >= 4 is 5.91 Å². The van der Waals surface area contributed by atoms with Gasteiger partial charge in [0.15, 0.2) is 0 Å². The van der Waals surface area contributed by atoms with E-state index in [1.165, 1.54) is 7.11 Å². The summed E-state index contributed by atoms with van der Waals surface area (Å²) in [6, 6.07) is 1.88. The van der Waals surface area contributed by atoms with Gasteiger partial charge in [0.25, 0.3) is 5.91 Å². The SMILES string of the molecule is COc1cnccc1C(=O)N[C@@H]1CCNC1. The maximum absolute atomic E-state index is 11.9. The fourth-order valence-electron chi connectivity index (χ4n) is 1.77. The Kier molecular flexibility index (Phi) is 3.36. The van der Waals surface area contributed by atoms with E-state index in [0.29, 0.717) is 11.3 Å². The maximum atomic E-state index is 11.9. The van der Waals surface area contributed by atoms with Crippen LogP contribution in [0.3, 0.4) is 0 Å². The van der Waals surface area contributed by atoms with Gasteiger partial charge in [-0.3, -0.25) is 9.78 Å². The number of carbonyl (C=O) groups excluding carboxylic acids is 1. The zero-order chi connectivity index (χ0) is 11.4. The zero-order valence-corrected chi connectivity index (χ0v) is 9.19. The van der Waals surface area contributed by atoms with Crippen molar-refractivity contribution in [2.75, 3.05) is 20.2 Å². The van der Waals surface area contributed by atoms with Crippen molar-refractivity contribution in [3.63, 3.8) is 0 Å². The molecule has 2 heterocycles. The maximum Gasteiger partial charge on any atom is 0.255 e. The molecule has 1 fully saturated rings. The summed E-state index contributed by atoms with van der Waals surface area (Å²) in [5.74, 6) is 0.402. The van der Waals surface area contributed by atoms with E-state index in [1.54, 1.807) is 18.5 Å². The molecule has 0 radical (unpaired) electrons. The number of pyridine rings is 1. The van der Waals surface area contributed by atoms with Crippen molar-refractivity contribution in [2.45, 2.75) is 12.5 Å². The third kappa shape index (κ3) is 2.30. The van der Waals surface area contributed by atoms with E-state index >= 15 is 0 Å². The minimum atomic E-state index is -0.104. The molecule has 86 valence electrons. The lowest BCUT2D eigenvalue weighted by atomic mass is 10.2. The third-order valence-electron chi connectivity index (χ3n) is 2.64. The molecule has 0 saturated carbocycles. The highest BCUT2D eigenvalue weighted by Crippen LogP contribution is 2.15. The van der Waals surface area contributed by atoms with E-state index in [4.69, 9.17) is 4.74 Å². The Bertz CT molecular complexity index is 375. The molecule has 0 aliphatic carbocycles. The van der Waals surface area contributed by atoms with Gasteiger partial charge in [-0.25, -0.2) is 0 Å². The van der Waals surface area contributed by atoms with E-state index in [9.17, 15) is 4.79 Å². The predicted octanol–water partition coefficient (Wildman–Crippen LogP) is 0.182. The van der Waals surface area contributed by atoms with Crippen LogP contribution >= 0.6 is 0 Å². The van der Waals surface area contributed by atoms with Gasteiger partial charge in [-0.2, -0.15) is 0 Å². The fraction of sp³-hybridized carbons (Fsp3) is 0.455. The van der Waals surface area contributed by atoms with Gasteiger partial charge < -0.3 is 15.4 Å². The first-order valence-corrected chi connectivity index (χ1v) is 5.31. The molecule has 5 heteroatoms. The monoisotopic (exact) mass is 221 g/mol. The van der Waals surface area contributed by atoms with Gasteiger partial charge in [-0.15, -0.1) is 0 Å². The average molecular weight is 221 g/mol. The fourth-order valence-corrected chi connectivity index (χ4v) is 1.77. The molecule has 16 heavy (non-hydrogen) atoms. The number of ether oxygens (including phenoxy) is 1. The average Bonchev–Trinajstić information content (AvgIpc) is 2.81. The second kappa shape index (κ2) is 4.94. The quantitative estimate of drug-likeness (QED) is 0.764. The molecule has 1 saturated heterocycles. The summed E-state index contributed by atoms with van der Waals surface area (Å²) in [4.78, 5) is 15.8. The molecule has 5 nitrogen and oxygen atoms in total. The van der Waals surface area contributed by atoms with Crippen LogP contribution in [0.1, 0.15) is 16.8 Å². The van der Waals surface area contributed by atoms with Crippen LogP contribution in [-0.4, -0.2) is 37.1 Å². The lowest BCUT2D eigenvalue weighted by Gasteiger charge is -2.12. The molecular weight excluding hydrogens is 206 g/mol. The number of nitrogens with zero attached hydrogens (tertiary/aromatic N) is 1. The van der Waals surface area contributed by atoms with Crippen molar-refractivity contribution in [3.8, 4) is 5.75 Å². The zero-order valence-electron chi connectivity index (χ0n) is 9.19. The normalized spacial score (nSPS) is 19.4. The molecule has 1 aliphatic rings. The predicted molar refractivity (Wildman–Crippen MR) is 59.5 cm³/mol. The number of rotatable bonds is 3. The van der Waals surface area contributed by atoms with Crippen molar-refractivity contribution in [1.82, 2.24) is 15.6 Å². The van der Waals surface area contributed by atoms with E-state index in [0.717, 1.165) is 19.5 Å². The second-order valence-corrected chi connectivity index (χ2v) is 3.74. The lowest BCUT2D eigenvalue weighted by Crippen LogP contribution is -2.36. The van der Waals surface area contributed by atoms with E-state index < -0.39 is 0 Å². The molecular formula is C11H15N3O2. The number of methoxy groups -OCH3 is 1. The highest BCUT2D eigenvalue weighted by molar-refractivity contribution is 5.96. The molecule has 0 aromatic carbocycles. The number of hydrogen-bond acceptors (Lipinski definition) is 4. The topological polar surface area (TPSA) is 63.2 Å². The summed E-state index contributed by atoms with van der Waals surface area (Å²) in [7, 11) is 1.53. The molecule has 0 spiro atoms. The molecule has 2 rings (SSSR count). The summed E-state index contributed by atoms with van der Waals surface area (Å²) in [6.45, 7) is 1.79. The Morgan fingerprint density at radius 2 is 2.56 bits per heavy atom. The van der Waals surface area contributed by atoms with Gasteiger partial charge in [-0.05, 0) is 19.0 Å². The van der Waals surface area contributed by atoms with Gasteiger partial charge in [0.05, 0.1) is 18.9 Å². The first-order valence-electron chi connectivity index (χ1n) is 5.31. The number of hydrogen-bond donors (Lipinski definition) is 2. The standard InChI is InChI=1S/C11H15N3O2/c1-16-10-7-13-5-3-9(10)11(15)14-8-2-4-12-6-8/h3,5,7-8,12H,2,4,6H2,1H3,(H,14,15)/t8-/m1/s1. The van der Waals surface area contributed by atoms with Crippen molar-refractivity contribution < 1.29 is 9.53 Å². The van der Waals surface area contributed by atoms with Crippen LogP contribution in [0, 0.1) is 0 Å². The van der Waals surface area contributed by atoms with E-state index in [2.05, 4.69) is 15.6 Å². The Morgan fingerprint density at radius 1 is 1.69 bits per heavy atom. The Hall–Kier alpha value is -1.62. The van der Waals surface area contributed by atoms with Gasteiger partial charge in [-0.1, -0.05) is 0 Å². The van der Waals surface area contributed by atoms with Crippen molar-refractivity contribution in [2.24, 2.45) is 0 Å². The highest BCUT2D eigenvalue weighted by atomic mass is 16.5. The molecule has 2 N–H and O–H groups in total. The molecule has 1 aliphatic heterocycles. The Labute approximate surface area is 94.2 Å². The summed E-state index contributed by atoms with van der Waals surface area (Å²) in [6.07, 6.45) is 4.10. The van der Waals surface area contributed by atoms with Gasteiger partial charge in [0.2, 0.25) is 0 Å². The highest BCUT2D eigenvalue weighted by Gasteiger charge is 2.19.